The molecule has 5 rings (SSSR count). The minimum Gasteiger partial charge on any atom is -0.365 e. The Morgan fingerprint density at radius 3 is 2.38 bits per heavy atom. The van der Waals surface area contributed by atoms with Crippen LogP contribution in [0, 0.1) is 0 Å². The van der Waals surface area contributed by atoms with Crippen molar-refractivity contribution >= 4 is 53.8 Å². The van der Waals surface area contributed by atoms with Crippen molar-refractivity contribution in [3.05, 3.63) is 6.33 Å². The number of aromatic nitrogens is 4. The van der Waals surface area contributed by atoms with Crippen LogP contribution in [0.4, 0.5) is 16.6 Å². The van der Waals surface area contributed by atoms with Crippen molar-refractivity contribution in [2.75, 3.05) is 30.3 Å². The van der Waals surface area contributed by atoms with Crippen molar-refractivity contribution < 1.29 is 9.63 Å². The summed E-state index contributed by atoms with van der Waals surface area (Å²) in [6, 6.07) is 1.32. The van der Waals surface area contributed by atoms with Crippen LogP contribution in [0.2, 0.25) is 0 Å². The first-order chi connectivity index (χ1) is 18.6. The van der Waals surface area contributed by atoms with Gasteiger partial charge in [0.15, 0.2) is 17.0 Å². The Morgan fingerprint density at radius 2 is 1.68 bits per heavy atom. The predicted molar refractivity (Wildman–Crippen MR) is 163 cm³/mol. The fourth-order valence-corrected chi connectivity index (χ4v) is 5.98. The molecule has 1 amide bonds. The van der Waals surface area contributed by atoms with Crippen molar-refractivity contribution in [3.63, 3.8) is 0 Å². The van der Waals surface area contributed by atoms with Gasteiger partial charge in [0.05, 0.1) is 6.33 Å². The molecule has 0 spiro atoms. The minimum absolute atomic E-state index is 0. The topological polar surface area (TPSA) is 135 Å². The fourth-order valence-electron chi connectivity index (χ4n) is 5.98. The molecule has 1 saturated heterocycles. The molecule has 3 aliphatic rings. The number of fused-ring (bicyclic) bond motifs is 1. The third-order valence-electron chi connectivity index (χ3n) is 8.30. The molecule has 2 aromatic rings. The summed E-state index contributed by atoms with van der Waals surface area (Å²) >= 11 is 0. The van der Waals surface area contributed by atoms with Gasteiger partial charge in [-0.05, 0) is 57.8 Å². The SMILES string of the molecule is CCCCCNC(=O)ON1CCC(Nc2nc(N[C@H]3CC[C@H](N)CC3)nc3c2ncn3C2CCCC2)CC1.Cl.Cl. The first-order valence-electron chi connectivity index (χ1n) is 14.8. The molecule has 40 heavy (non-hydrogen) atoms. The zero-order chi connectivity index (χ0) is 26.3. The second kappa shape index (κ2) is 15.8. The molecular formula is C27H47Cl2N9O2. The summed E-state index contributed by atoms with van der Waals surface area (Å²) in [6.07, 6.45) is 15.5. The van der Waals surface area contributed by atoms with Crippen molar-refractivity contribution in [2.24, 2.45) is 5.73 Å². The van der Waals surface area contributed by atoms with E-state index in [1.54, 1.807) is 5.06 Å². The van der Waals surface area contributed by atoms with Gasteiger partial charge in [-0.25, -0.2) is 9.78 Å². The van der Waals surface area contributed by atoms with E-state index in [-0.39, 0.29) is 36.9 Å². The van der Waals surface area contributed by atoms with Gasteiger partial charge >= 0.3 is 6.09 Å². The first-order valence-corrected chi connectivity index (χ1v) is 14.8. The molecule has 2 aliphatic carbocycles. The Kier molecular flexibility index (Phi) is 12.8. The maximum absolute atomic E-state index is 12.1. The number of hydroxylamine groups is 2. The van der Waals surface area contributed by atoms with Gasteiger partial charge in [-0.3, -0.25) is 0 Å². The minimum atomic E-state index is -0.359. The highest BCUT2D eigenvalue weighted by Crippen LogP contribution is 2.34. The van der Waals surface area contributed by atoms with Gasteiger partial charge in [0.2, 0.25) is 5.95 Å². The van der Waals surface area contributed by atoms with Crippen LogP contribution >= 0.6 is 24.8 Å². The van der Waals surface area contributed by atoms with Crippen LogP contribution in [0.5, 0.6) is 0 Å². The molecule has 3 heterocycles. The van der Waals surface area contributed by atoms with E-state index < -0.39 is 0 Å². The Labute approximate surface area is 249 Å². The van der Waals surface area contributed by atoms with E-state index in [2.05, 4.69) is 27.4 Å². The number of piperidine rings is 1. The number of unbranched alkanes of at least 4 members (excludes halogenated alkanes) is 2. The van der Waals surface area contributed by atoms with Gasteiger partial charge in [-0.1, -0.05) is 32.6 Å². The predicted octanol–water partition coefficient (Wildman–Crippen LogP) is 5.17. The second-order valence-corrected chi connectivity index (χ2v) is 11.3. The monoisotopic (exact) mass is 599 g/mol. The second-order valence-electron chi connectivity index (χ2n) is 11.3. The number of nitrogens with one attached hydrogen (secondary N) is 3. The van der Waals surface area contributed by atoms with Crippen LogP contribution < -0.4 is 21.7 Å². The molecule has 13 heteroatoms. The Hall–Kier alpha value is -2.08. The van der Waals surface area contributed by atoms with E-state index in [9.17, 15) is 4.79 Å². The van der Waals surface area contributed by atoms with Crippen LogP contribution in [0.1, 0.15) is 96.4 Å². The maximum Gasteiger partial charge on any atom is 0.426 e. The maximum atomic E-state index is 12.1. The molecule has 0 aromatic carbocycles. The summed E-state index contributed by atoms with van der Waals surface area (Å²) in [4.78, 5) is 32.2. The average Bonchev–Trinajstić information content (AvgIpc) is 3.59. The highest BCUT2D eigenvalue weighted by atomic mass is 35.5. The van der Waals surface area contributed by atoms with Crippen molar-refractivity contribution in [1.82, 2.24) is 29.9 Å². The van der Waals surface area contributed by atoms with Crippen LogP contribution in [-0.2, 0) is 4.84 Å². The smallest absolute Gasteiger partial charge is 0.365 e. The van der Waals surface area contributed by atoms with E-state index in [4.69, 9.17) is 25.5 Å². The lowest BCUT2D eigenvalue weighted by Gasteiger charge is -2.31. The number of imidazole rings is 1. The van der Waals surface area contributed by atoms with Crippen LogP contribution in [0.15, 0.2) is 6.33 Å². The van der Waals surface area contributed by atoms with Crippen LogP contribution in [-0.4, -0.2) is 68.4 Å². The summed E-state index contributed by atoms with van der Waals surface area (Å²) in [5.41, 5.74) is 7.86. The van der Waals surface area contributed by atoms with Gasteiger partial charge < -0.3 is 31.1 Å². The number of hydrogen-bond donors (Lipinski definition) is 4. The Balaban J connectivity index is 0.00000220. The molecule has 2 aromatic heterocycles. The zero-order valence-electron chi connectivity index (χ0n) is 23.6. The molecule has 226 valence electrons. The van der Waals surface area contributed by atoms with E-state index in [1.807, 2.05) is 6.33 Å². The number of carbonyl (C=O) groups is 1. The Bertz CT molecular complexity index is 1050. The summed E-state index contributed by atoms with van der Waals surface area (Å²) in [6.45, 7) is 4.16. The van der Waals surface area contributed by atoms with Crippen molar-refractivity contribution in [1.29, 1.82) is 0 Å². The van der Waals surface area contributed by atoms with Gasteiger partial charge in [-0.15, -0.1) is 29.9 Å². The number of amides is 1. The van der Waals surface area contributed by atoms with E-state index in [1.165, 1.54) is 25.7 Å². The van der Waals surface area contributed by atoms with Crippen molar-refractivity contribution in [2.45, 2.75) is 115 Å². The number of nitrogens with two attached hydrogens (primary N) is 1. The lowest BCUT2D eigenvalue weighted by molar-refractivity contribution is -0.112. The van der Waals surface area contributed by atoms with E-state index in [0.29, 0.717) is 43.7 Å². The van der Waals surface area contributed by atoms with Gasteiger partial charge in [0, 0.05) is 43.8 Å². The highest BCUT2D eigenvalue weighted by molar-refractivity contribution is 5.86. The Morgan fingerprint density at radius 1 is 0.975 bits per heavy atom. The van der Waals surface area contributed by atoms with Gasteiger partial charge in [-0.2, -0.15) is 9.97 Å². The third kappa shape index (κ3) is 8.47. The number of halogens is 2. The summed E-state index contributed by atoms with van der Waals surface area (Å²) in [5, 5.41) is 11.9. The standard InChI is InChI=1S/C27H45N9O2.2ClH/c1-2-3-6-15-29-27(37)38-35-16-13-21(14-17-35)31-24-23-25(36(18-30-23)22-7-4-5-8-22)34-26(33-24)32-20-11-9-19(28)10-12-20;;/h18-22H,2-17,28H2,1H3,(H,29,37)(H2,31,32,33,34);2*1H/t19-,20-;;. The quantitative estimate of drug-likeness (QED) is 0.272. The highest BCUT2D eigenvalue weighted by Gasteiger charge is 2.27. The number of rotatable bonds is 10. The van der Waals surface area contributed by atoms with Gasteiger partial charge in [0.25, 0.3) is 0 Å². The average molecular weight is 601 g/mol. The van der Waals surface area contributed by atoms with Gasteiger partial charge in [0.1, 0.15) is 0 Å². The normalized spacial score (nSPS) is 22.4. The van der Waals surface area contributed by atoms with E-state index in [0.717, 1.165) is 74.8 Å². The number of carbonyl (C=O) groups excluding carboxylic acids is 1. The summed E-state index contributed by atoms with van der Waals surface area (Å²) < 4.78 is 2.26. The summed E-state index contributed by atoms with van der Waals surface area (Å²) in [5.74, 6) is 1.45. The van der Waals surface area contributed by atoms with Crippen LogP contribution in [0.25, 0.3) is 11.2 Å². The zero-order valence-corrected chi connectivity index (χ0v) is 25.3. The molecule has 11 nitrogen and oxygen atoms in total. The number of nitrogens with zero attached hydrogens (tertiary/aromatic N) is 5. The molecular weight excluding hydrogens is 553 g/mol. The molecule has 2 saturated carbocycles. The fraction of sp³-hybridized carbons (Fsp3) is 0.778. The largest absolute Gasteiger partial charge is 0.426 e. The first kappa shape index (κ1) is 32.4. The molecule has 0 bridgehead atoms. The molecule has 0 unspecified atom stereocenters. The molecule has 5 N–H and O–H groups in total. The lowest BCUT2D eigenvalue weighted by Crippen LogP contribution is -2.42. The molecule has 0 radical (unpaired) electrons. The summed E-state index contributed by atoms with van der Waals surface area (Å²) in [7, 11) is 0. The lowest BCUT2D eigenvalue weighted by atomic mass is 9.92. The number of hydrogen-bond acceptors (Lipinski definition) is 9. The molecule has 1 aliphatic heterocycles. The number of anilines is 2. The third-order valence-corrected chi connectivity index (χ3v) is 8.30. The van der Waals surface area contributed by atoms with E-state index >= 15 is 0 Å². The van der Waals surface area contributed by atoms with Crippen LogP contribution in [0.3, 0.4) is 0 Å². The van der Waals surface area contributed by atoms with Crippen molar-refractivity contribution in [3.8, 4) is 0 Å². The molecule has 3 fully saturated rings. The molecule has 0 atom stereocenters.